The molecule has 1 amide bonds. The Morgan fingerprint density at radius 1 is 1.18 bits per heavy atom. The Kier molecular flexibility index (Phi) is 4.97. The van der Waals surface area contributed by atoms with Crippen LogP contribution in [0, 0.1) is 10.1 Å². The Morgan fingerprint density at radius 3 is 2.50 bits per heavy atom. The molecule has 0 bridgehead atoms. The normalized spacial score (nSPS) is 16.8. The standard InChI is InChI=1S/C20H19BrN2O5/c21-14-4-1-3-13(9-14)20(5-2-6-20)12-22-19(24)15-10-17-18(28-8-7-27-17)11-16(15)23(25)26/h1,3-4,9-11H,2,5-8,12H2,(H,22,24). The van der Waals surface area contributed by atoms with Crippen LogP contribution in [0.25, 0.3) is 0 Å². The zero-order valence-corrected chi connectivity index (χ0v) is 16.7. The van der Waals surface area contributed by atoms with E-state index in [0.29, 0.717) is 31.3 Å². The van der Waals surface area contributed by atoms with Crippen molar-refractivity contribution in [3.8, 4) is 11.5 Å². The van der Waals surface area contributed by atoms with Crippen molar-refractivity contribution in [2.75, 3.05) is 19.8 Å². The molecule has 0 spiro atoms. The largest absolute Gasteiger partial charge is 0.486 e. The fourth-order valence-corrected chi connectivity index (χ4v) is 4.14. The van der Waals surface area contributed by atoms with Crippen molar-refractivity contribution in [2.45, 2.75) is 24.7 Å². The summed E-state index contributed by atoms with van der Waals surface area (Å²) in [5.74, 6) is 0.163. The van der Waals surface area contributed by atoms with Crippen LogP contribution in [-0.2, 0) is 5.41 Å². The smallest absolute Gasteiger partial charge is 0.286 e. The van der Waals surface area contributed by atoms with Crippen LogP contribution in [0.2, 0.25) is 0 Å². The highest BCUT2D eigenvalue weighted by atomic mass is 79.9. The summed E-state index contributed by atoms with van der Waals surface area (Å²) in [6.07, 6.45) is 3.02. The number of ether oxygens (including phenoxy) is 2. The number of hydrogen-bond donors (Lipinski definition) is 1. The summed E-state index contributed by atoms with van der Waals surface area (Å²) < 4.78 is 11.9. The Labute approximate surface area is 170 Å². The molecule has 2 aromatic carbocycles. The van der Waals surface area contributed by atoms with Crippen molar-refractivity contribution in [2.24, 2.45) is 0 Å². The quantitative estimate of drug-likeness (QED) is 0.553. The number of rotatable bonds is 5. The van der Waals surface area contributed by atoms with E-state index in [2.05, 4.69) is 33.4 Å². The second kappa shape index (κ2) is 7.43. The summed E-state index contributed by atoms with van der Waals surface area (Å²) in [5, 5.41) is 14.4. The van der Waals surface area contributed by atoms with Gasteiger partial charge in [-0.05, 0) is 30.5 Å². The minimum Gasteiger partial charge on any atom is -0.486 e. The molecular formula is C20H19BrN2O5. The lowest BCUT2D eigenvalue weighted by atomic mass is 9.64. The molecule has 146 valence electrons. The third-order valence-corrected chi connectivity index (χ3v) is 5.93. The first-order valence-corrected chi connectivity index (χ1v) is 9.90. The van der Waals surface area contributed by atoms with Crippen molar-refractivity contribution in [1.29, 1.82) is 0 Å². The lowest BCUT2D eigenvalue weighted by molar-refractivity contribution is -0.385. The second-order valence-corrected chi connectivity index (χ2v) is 8.01. The molecule has 8 heteroatoms. The molecule has 1 fully saturated rings. The number of nitro groups is 1. The van der Waals surface area contributed by atoms with Crippen molar-refractivity contribution in [3.05, 3.63) is 62.1 Å². The van der Waals surface area contributed by atoms with E-state index in [1.54, 1.807) is 0 Å². The lowest BCUT2D eigenvalue weighted by Crippen LogP contribution is -2.45. The van der Waals surface area contributed by atoms with E-state index in [9.17, 15) is 14.9 Å². The Morgan fingerprint density at radius 2 is 1.89 bits per heavy atom. The monoisotopic (exact) mass is 446 g/mol. The van der Waals surface area contributed by atoms with Gasteiger partial charge >= 0.3 is 0 Å². The molecule has 1 aliphatic heterocycles. The maximum absolute atomic E-state index is 12.8. The van der Waals surface area contributed by atoms with Gasteiger partial charge in [0, 0.05) is 22.5 Å². The highest BCUT2D eigenvalue weighted by Gasteiger charge is 2.39. The lowest BCUT2D eigenvalue weighted by Gasteiger charge is -2.42. The minimum atomic E-state index is -0.569. The van der Waals surface area contributed by atoms with Crippen LogP contribution in [0.3, 0.4) is 0 Å². The highest BCUT2D eigenvalue weighted by Crippen LogP contribution is 2.44. The fourth-order valence-electron chi connectivity index (χ4n) is 3.75. The number of hydrogen-bond acceptors (Lipinski definition) is 5. The molecule has 2 aliphatic rings. The van der Waals surface area contributed by atoms with E-state index in [-0.39, 0.29) is 16.7 Å². The van der Waals surface area contributed by atoms with E-state index in [0.717, 1.165) is 29.3 Å². The van der Waals surface area contributed by atoms with E-state index in [4.69, 9.17) is 9.47 Å². The summed E-state index contributed by atoms with van der Waals surface area (Å²) >= 11 is 3.50. The van der Waals surface area contributed by atoms with Gasteiger partial charge in [0.1, 0.15) is 18.8 Å². The molecular weight excluding hydrogens is 428 g/mol. The molecule has 7 nitrogen and oxygen atoms in total. The van der Waals surface area contributed by atoms with Gasteiger partial charge in [-0.15, -0.1) is 0 Å². The summed E-state index contributed by atoms with van der Waals surface area (Å²) in [7, 11) is 0. The van der Waals surface area contributed by atoms with E-state index >= 15 is 0 Å². The van der Waals surface area contributed by atoms with Gasteiger partial charge in [-0.1, -0.05) is 34.5 Å². The SMILES string of the molecule is O=C(NCC1(c2cccc(Br)c2)CCC1)c1cc2c(cc1[N+](=O)[O-])OCCO2. The maximum Gasteiger partial charge on any atom is 0.286 e. The Hall–Kier alpha value is -2.61. The molecule has 0 aromatic heterocycles. The summed E-state index contributed by atoms with van der Waals surface area (Å²) in [5.41, 5.74) is 0.720. The molecule has 4 rings (SSSR count). The molecule has 1 heterocycles. The van der Waals surface area contributed by atoms with Crippen LogP contribution >= 0.6 is 15.9 Å². The number of carbonyl (C=O) groups is 1. The van der Waals surface area contributed by atoms with Gasteiger partial charge in [0.15, 0.2) is 11.5 Å². The third kappa shape index (κ3) is 3.44. The van der Waals surface area contributed by atoms with Crippen LogP contribution in [0.5, 0.6) is 11.5 Å². The van der Waals surface area contributed by atoms with Gasteiger partial charge < -0.3 is 14.8 Å². The zero-order valence-electron chi connectivity index (χ0n) is 15.1. The molecule has 0 unspecified atom stereocenters. The predicted molar refractivity (Wildman–Crippen MR) is 106 cm³/mol. The summed E-state index contributed by atoms with van der Waals surface area (Å²) in [4.78, 5) is 23.7. The van der Waals surface area contributed by atoms with Gasteiger partial charge in [-0.2, -0.15) is 0 Å². The molecule has 0 saturated heterocycles. The van der Waals surface area contributed by atoms with E-state index in [1.807, 2.05) is 12.1 Å². The van der Waals surface area contributed by atoms with Crippen LogP contribution in [0.1, 0.15) is 35.2 Å². The Balaban J connectivity index is 1.57. The van der Waals surface area contributed by atoms with Gasteiger partial charge in [-0.3, -0.25) is 14.9 Å². The Bertz CT molecular complexity index is 942. The van der Waals surface area contributed by atoms with E-state index < -0.39 is 10.8 Å². The highest BCUT2D eigenvalue weighted by molar-refractivity contribution is 9.10. The number of benzene rings is 2. The number of halogens is 1. The number of nitrogens with zero attached hydrogens (tertiary/aromatic N) is 1. The van der Waals surface area contributed by atoms with Crippen molar-refractivity contribution < 1.29 is 19.2 Å². The molecule has 0 radical (unpaired) electrons. The van der Waals surface area contributed by atoms with Crippen LogP contribution < -0.4 is 14.8 Å². The van der Waals surface area contributed by atoms with Crippen LogP contribution in [0.15, 0.2) is 40.9 Å². The van der Waals surface area contributed by atoms with Gasteiger partial charge in [0.25, 0.3) is 11.6 Å². The molecule has 1 aliphatic carbocycles. The number of carbonyl (C=O) groups excluding carboxylic acids is 1. The van der Waals surface area contributed by atoms with Gasteiger partial charge in [0.2, 0.25) is 0 Å². The fraction of sp³-hybridized carbons (Fsp3) is 0.350. The molecule has 1 saturated carbocycles. The molecule has 1 N–H and O–H groups in total. The first-order chi connectivity index (χ1) is 13.5. The number of amides is 1. The number of fused-ring (bicyclic) bond motifs is 1. The first-order valence-electron chi connectivity index (χ1n) is 9.11. The third-order valence-electron chi connectivity index (χ3n) is 5.44. The van der Waals surface area contributed by atoms with Crippen molar-refractivity contribution in [3.63, 3.8) is 0 Å². The maximum atomic E-state index is 12.8. The predicted octanol–water partition coefficient (Wildman–Crippen LogP) is 3.98. The average molecular weight is 447 g/mol. The topological polar surface area (TPSA) is 90.7 Å². The second-order valence-electron chi connectivity index (χ2n) is 7.10. The summed E-state index contributed by atoms with van der Waals surface area (Å²) in [6.45, 7) is 1.09. The van der Waals surface area contributed by atoms with Crippen LogP contribution in [-0.4, -0.2) is 30.6 Å². The van der Waals surface area contributed by atoms with Gasteiger partial charge in [0.05, 0.1) is 11.0 Å². The molecule has 28 heavy (non-hydrogen) atoms. The first kappa shape index (κ1) is 18.7. The number of nitro benzene ring substituents is 1. The molecule has 2 aromatic rings. The average Bonchev–Trinajstić information content (AvgIpc) is 2.66. The zero-order chi connectivity index (χ0) is 19.7. The van der Waals surface area contributed by atoms with Crippen molar-refractivity contribution in [1.82, 2.24) is 5.32 Å². The minimum absolute atomic E-state index is 0.0158. The van der Waals surface area contributed by atoms with E-state index in [1.165, 1.54) is 12.1 Å². The molecule has 0 atom stereocenters. The van der Waals surface area contributed by atoms with Crippen LogP contribution in [0.4, 0.5) is 5.69 Å². The summed E-state index contributed by atoms with van der Waals surface area (Å²) in [6, 6.07) is 10.7. The van der Waals surface area contributed by atoms with Crippen molar-refractivity contribution >= 4 is 27.5 Å². The number of nitrogens with one attached hydrogen (secondary N) is 1. The van der Waals surface area contributed by atoms with Gasteiger partial charge in [-0.25, -0.2) is 0 Å².